The number of nitrogens with one attached hydrogen (secondary N) is 1. The normalized spacial score (nSPS) is 10.8. The summed E-state index contributed by atoms with van der Waals surface area (Å²) < 4.78 is 2.01. The van der Waals surface area contributed by atoms with E-state index in [4.69, 9.17) is 0 Å². The number of hydrogen-bond acceptors (Lipinski definition) is 3. The molecule has 0 aliphatic rings. The van der Waals surface area contributed by atoms with Crippen LogP contribution in [0.4, 0.5) is 0 Å². The summed E-state index contributed by atoms with van der Waals surface area (Å²) in [5.41, 5.74) is 2.40. The monoisotopic (exact) mass is 244 g/mol. The summed E-state index contributed by atoms with van der Waals surface area (Å²) in [5, 5.41) is 3.39. The maximum absolute atomic E-state index is 4.54. The summed E-state index contributed by atoms with van der Waals surface area (Å²) in [6.07, 6.45) is 6.83. The molecule has 2 heterocycles. The predicted octanol–water partition coefficient (Wildman–Crippen LogP) is 2.38. The van der Waals surface area contributed by atoms with Crippen molar-refractivity contribution in [3.8, 4) is 5.82 Å². The minimum atomic E-state index is 0.880. The standard InChI is InChI=1S/C14H20N4/c1-4-5-15-9-13-8-11(2)14(17-10-13)18-7-6-16-12(18)3/h6-8,10,15H,4-5,9H2,1-3H3. The maximum Gasteiger partial charge on any atom is 0.140 e. The third-order valence-electron chi connectivity index (χ3n) is 2.92. The molecule has 0 radical (unpaired) electrons. The molecule has 1 N–H and O–H groups in total. The lowest BCUT2D eigenvalue weighted by Crippen LogP contribution is -2.14. The molecule has 0 amide bonds. The van der Waals surface area contributed by atoms with Gasteiger partial charge in [0.15, 0.2) is 0 Å². The van der Waals surface area contributed by atoms with Gasteiger partial charge >= 0.3 is 0 Å². The summed E-state index contributed by atoms with van der Waals surface area (Å²) in [7, 11) is 0. The Bertz CT molecular complexity index is 516. The zero-order valence-corrected chi connectivity index (χ0v) is 11.3. The SMILES string of the molecule is CCCNCc1cnc(-n2ccnc2C)c(C)c1. The number of nitrogens with zero attached hydrogens (tertiary/aromatic N) is 3. The summed E-state index contributed by atoms with van der Waals surface area (Å²) >= 11 is 0. The third kappa shape index (κ3) is 2.76. The lowest BCUT2D eigenvalue weighted by Gasteiger charge is -2.10. The van der Waals surface area contributed by atoms with Crippen LogP contribution < -0.4 is 5.32 Å². The Kier molecular flexibility index (Phi) is 4.10. The molecule has 0 spiro atoms. The first-order chi connectivity index (χ1) is 8.72. The second kappa shape index (κ2) is 5.78. The zero-order chi connectivity index (χ0) is 13.0. The van der Waals surface area contributed by atoms with E-state index < -0.39 is 0 Å². The van der Waals surface area contributed by atoms with Crippen molar-refractivity contribution in [1.82, 2.24) is 19.9 Å². The average Bonchev–Trinajstić information content (AvgIpc) is 2.76. The molecule has 4 nitrogen and oxygen atoms in total. The van der Waals surface area contributed by atoms with Gasteiger partial charge in [0.25, 0.3) is 0 Å². The van der Waals surface area contributed by atoms with E-state index in [1.165, 1.54) is 11.1 Å². The molecule has 96 valence electrons. The highest BCUT2D eigenvalue weighted by molar-refractivity contribution is 5.36. The molecular weight excluding hydrogens is 224 g/mol. The highest BCUT2D eigenvalue weighted by atomic mass is 15.1. The molecule has 2 aromatic heterocycles. The van der Waals surface area contributed by atoms with Gasteiger partial charge in [-0.1, -0.05) is 6.92 Å². The molecule has 2 aromatic rings. The van der Waals surface area contributed by atoms with Crippen LogP contribution in [0.5, 0.6) is 0 Å². The Labute approximate surface area is 108 Å². The van der Waals surface area contributed by atoms with Gasteiger partial charge in [-0.05, 0) is 44.0 Å². The quantitative estimate of drug-likeness (QED) is 0.821. The van der Waals surface area contributed by atoms with Gasteiger partial charge in [-0.3, -0.25) is 4.57 Å². The van der Waals surface area contributed by atoms with E-state index in [1.807, 2.05) is 23.9 Å². The van der Waals surface area contributed by atoms with Gasteiger partial charge in [0.2, 0.25) is 0 Å². The van der Waals surface area contributed by atoms with Crippen LogP contribution in [-0.4, -0.2) is 21.1 Å². The van der Waals surface area contributed by atoms with Gasteiger partial charge in [-0.25, -0.2) is 9.97 Å². The lowest BCUT2D eigenvalue weighted by molar-refractivity contribution is 0.673. The van der Waals surface area contributed by atoms with E-state index in [0.29, 0.717) is 0 Å². The molecule has 0 atom stereocenters. The van der Waals surface area contributed by atoms with Gasteiger partial charge in [0, 0.05) is 25.1 Å². The van der Waals surface area contributed by atoms with Crippen molar-refractivity contribution in [3.63, 3.8) is 0 Å². The van der Waals surface area contributed by atoms with Crippen molar-refractivity contribution in [3.05, 3.63) is 41.6 Å². The molecule has 0 fully saturated rings. The van der Waals surface area contributed by atoms with Gasteiger partial charge in [-0.2, -0.15) is 0 Å². The van der Waals surface area contributed by atoms with Crippen molar-refractivity contribution >= 4 is 0 Å². The van der Waals surface area contributed by atoms with Crippen LogP contribution in [-0.2, 0) is 6.54 Å². The molecule has 4 heteroatoms. The molecular formula is C14H20N4. The minimum Gasteiger partial charge on any atom is -0.313 e. The van der Waals surface area contributed by atoms with E-state index in [-0.39, 0.29) is 0 Å². The fourth-order valence-electron chi connectivity index (χ4n) is 1.99. The number of aryl methyl sites for hydroxylation is 2. The number of imidazole rings is 1. The minimum absolute atomic E-state index is 0.880. The Morgan fingerprint density at radius 2 is 2.11 bits per heavy atom. The highest BCUT2D eigenvalue weighted by Gasteiger charge is 2.06. The van der Waals surface area contributed by atoms with E-state index in [0.717, 1.165) is 31.2 Å². The highest BCUT2D eigenvalue weighted by Crippen LogP contribution is 2.14. The fraction of sp³-hybridized carbons (Fsp3) is 0.429. The Hall–Kier alpha value is -1.68. The Balaban J connectivity index is 2.18. The van der Waals surface area contributed by atoms with E-state index in [9.17, 15) is 0 Å². The molecule has 0 unspecified atom stereocenters. The number of aromatic nitrogens is 3. The summed E-state index contributed by atoms with van der Waals surface area (Å²) in [6.45, 7) is 8.16. The van der Waals surface area contributed by atoms with Crippen LogP contribution in [0.25, 0.3) is 5.82 Å². The molecule has 0 aliphatic heterocycles. The van der Waals surface area contributed by atoms with Crippen LogP contribution in [0.2, 0.25) is 0 Å². The fourth-order valence-corrected chi connectivity index (χ4v) is 1.99. The summed E-state index contributed by atoms with van der Waals surface area (Å²) in [5.74, 6) is 1.92. The Morgan fingerprint density at radius 1 is 1.28 bits per heavy atom. The summed E-state index contributed by atoms with van der Waals surface area (Å²) in [4.78, 5) is 8.77. The van der Waals surface area contributed by atoms with Gasteiger partial charge in [0.05, 0.1) is 0 Å². The first-order valence-corrected chi connectivity index (χ1v) is 6.39. The predicted molar refractivity (Wildman–Crippen MR) is 72.8 cm³/mol. The second-order valence-corrected chi connectivity index (χ2v) is 4.51. The largest absolute Gasteiger partial charge is 0.313 e. The average molecular weight is 244 g/mol. The second-order valence-electron chi connectivity index (χ2n) is 4.51. The van der Waals surface area contributed by atoms with Crippen LogP contribution in [0.3, 0.4) is 0 Å². The number of rotatable bonds is 5. The van der Waals surface area contributed by atoms with Crippen molar-refractivity contribution in [2.75, 3.05) is 6.54 Å². The zero-order valence-electron chi connectivity index (χ0n) is 11.3. The van der Waals surface area contributed by atoms with Gasteiger partial charge < -0.3 is 5.32 Å². The van der Waals surface area contributed by atoms with Crippen molar-refractivity contribution in [2.45, 2.75) is 33.7 Å². The molecule has 0 bridgehead atoms. The number of hydrogen-bond donors (Lipinski definition) is 1. The first kappa shape index (κ1) is 12.8. The van der Waals surface area contributed by atoms with Crippen LogP contribution in [0.1, 0.15) is 30.3 Å². The molecule has 0 aromatic carbocycles. The molecule has 18 heavy (non-hydrogen) atoms. The first-order valence-electron chi connectivity index (χ1n) is 6.39. The van der Waals surface area contributed by atoms with Crippen LogP contribution in [0.15, 0.2) is 24.7 Å². The Morgan fingerprint density at radius 3 is 2.72 bits per heavy atom. The topological polar surface area (TPSA) is 42.7 Å². The third-order valence-corrected chi connectivity index (χ3v) is 2.92. The molecule has 0 saturated carbocycles. The summed E-state index contributed by atoms with van der Waals surface area (Å²) in [6, 6.07) is 2.18. The van der Waals surface area contributed by atoms with Crippen molar-refractivity contribution < 1.29 is 0 Å². The van der Waals surface area contributed by atoms with Crippen LogP contribution in [0, 0.1) is 13.8 Å². The maximum atomic E-state index is 4.54. The van der Waals surface area contributed by atoms with E-state index >= 15 is 0 Å². The van der Waals surface area contributed by atoms with E-state index in [1.54, 1.807) is 6.20 Å². The van der Waals surface area contributed by atoms with E-state index in [2.05, 4.69) is 35.2 Å². The van der Waals surface area contributed by atoms with Gasteiger partial charge in [-0.15, -0.1) is 0 Å². The van der Waals surface area contributed by atoms with Gasteiger partial charge in [0.1, 0.15) is 11.6 Å². The molecule has 0 aliphatic carbocycles. The van der Waals surface area contributed by atoms with Crippen molar-refractivity contribution in [2.24, 2.45) is 0 Å². The lowest BCUT2D eigenvalue weighted by atomic mass is 10.2. The smallest absolute Gasteiger partial charge is 0.140 e. The number of pyridine rings is 1. The molecule has 0 saturated heterocycles. The molecule has 2 rings (SSSR count). The van der Waals surface area contributed by atoms with Crippen molar-refractivity contribution in [1.29, 1.82) is 0 Å². The van der Waals surface area contributed by atoms with Crippen LogP contribution >= 0.6 is 0 Å².